The molecular weight excluding hydrogens is 270 g/mol. The zero-order valence-electron chi connectivity index (χ0n) is 10.1. The Morgan fingerprint density at radius 3 is 2.67 bits per heavy atom. The third-order valence-electron chi connectivity index (χ3n) is 2.36. The van der Waals surface area contributed by atoms with Crippen molar-refractivity contribution in [2.45, 2.75) is 13.8 Å². The molecule has 2 heterocycles. The first kappa shape index (κ1) is 12.8. The minimum Gasteiger partial charge on any atom is -0.465 e. The van der Waals surface area contributed by atoms with Gasteiger partial charge in [-0.1, -0.05) is 12.2 Å². The van der Waals surface area contributed by atoms with Gasteiger partial charge < -0.3 is 9.72 Å². The summed E-state index contributed by atoms with van der Waals surface area (Å²) in [6.45, 7) is 3.67. The second-order valence-corrected chi connectivity index (χ2v) is 5.08. The molecule has 0 fully saturated rings. The number of carbonyl (C=O) groups is 1. The zero-order chi connectivity index (χ0) is 13.3. The maximum Gasteiger partial charge on any atom is 0.342 e. The first-order valence-electron chi connectivity index (χ1n) is 5.14. The van der Waals surface area contributed by atoms with E-state index in [0.29, 0.717) is 17.1 Å². The quantitative estimate of drug-likeness (QED) is 0.677. The molecule has 0 bridgehead atoms. The first-order valence-corrected chi connectivity index (χ1v) is 6.43. The molecular formula is C11H11N3O2S2. The normalized spacial score (nSPS) is 10.4. The van der Waals surface area contributed by atoms with Gasteiger partial charge in [-0.3, -0.25) is 0 Å². The van der Waals surface area contributed by atoms with E-state index < -0.39 is 5.97 Å². The van der Waals surface area contributed by atoms with E-state index in [4.69, 9.17) is 12.2 Å². The van der Waals surface area contributed by atoms with Gasteiger partial charge in [0.1, 0.15) is 15.9 Å². The lowest BCUT2D eigenvalue weighted by atomic mass is 10.2. The molecule has 5 nitrogen and oxygen atoms in total. The molecule has 0 aliphatic heterocycles. The van der Waals surface area contributed by atoms with Gasteiger partial charge in [-0.15, -0.1) is 11.3 Å². The average molecular weight is 281 g/mol. The van der Waals surface area contributed by atoms with Crippen molar-refractivity contribution in [3.05, 3.63) is 26.3 Å². The third-order valence-corrected chi connectivity index (χ3v) is 3.43. The van der Waals surface area contributed by atoms with Crippen LogP contribution >= 0.6 is 23.6 Å². The van der Waals surface area contributed by atoms with E-state index in [1.54, 1.807) is 6.92 Å². The Hall–Kier alpha value is -1.60. The predicted molar refractivity (Wildman–Crippen MR) is 71.3 cm³/mol. The lowest BCUT2D eigenvalue weighted by Crippen LogP contribution is -2.08. The van der Waals surface area contributed by atoms with E-state index >= 15 is 0 Å². The largest absolute Gasteiger partial charge is 0.465 e. The standard InChI is InChI=1S/C11H11N3O2S2/c1-5-8(11(15)16-3)10(17)14-9(12-5)7-4-18-6(2)13-7/h4H,1-3H3,(H,12,14,17). The van der Waals surface area contributed by atoms with Gasteiger partial charge in [0.25, 0.3) is 0 Å². The van der Waals surface area contributed by atoms with Crippen molar-refractivity contribution in [1.82, 2.24) is 15.0 Å². The fourth-order valence-electron chi connectivity index (χ4n) is 1.52. The summed E-state index contributed by atoms with van der Waals surface area (Å²) in [6, 6.07) is 0. The molecule has 2 rings (SSSR count). The van der Waals surface area contributed by atoms with Crippen molar-refractivity contribution in [3.63, 3.8) is 0 Å². The predicted octanol–water partition coefficient (Wildman–Crippen LogP) is 2.67. The van der Waals surface area contributed by atoms with Crippen LogP contribution in [0.1, 0.15) is 21.1 Å². The van der Waals surface area contributed by atoms with Crippen LogP contribution in [0.4, 0.5) is 0 Å². The molecule has 0 aliphatic rings. The third kappa shape index (κ3) is 2.32. The molecule has 2 aromatic rings. The Bertz CT molecular complexity index is 661. The van der Waals surface area contributed by atoms with E-state index in [9.17, 15) is 4.79 Å². The van der Waals surface area contributed by atoms with Crippen molar-refractivity contribution < 1.29 is 9.53 Å². The molecule has 0 atom stereocenters. The van der Waals surface area contributed by atoms with Crippen LogP contribution in [0.3, 0.4) is 0 Å². The van der Waals surface area contributed by atoms with E-state index in [1.165, 1.54) is 18.4 Å². The summed E-state index contributed by atoms with van der Waals surface area (Å²) in [7, 11) is 1.31. The number of aromatic nitrogens is 3. The summed E-state index contributed by atoms with van der Waals surface area (Å²) in [5, 5.41) is 2.83. The fraction of sp³-hybridized carbons (Fsp3) is 0.273. The first-order chi connectivity index (χ1) is 8.52. The van der Waals surface area contributed by atoms with Crippen LogP contribution in [0, 0.1) is 18.5 Å². The van der Waals surface area contributed by atoms with Crippen LogP contribution in [0.2, 0.25) is 0 Å². The van der Waals surface area contributed by atoms with Gasteiger partial charge in [-0.25, -0.2) is 14.8 Å². The number of rotatable bonds is 2. The lowest BCUT2D eigenvalue weighted by Gasteiger charge is -2.05. The highest BCUT2D eigenvalue weighted by Gasteiger charge is 2.15. The summed E-state index contributed by atoms with van der Waals surface area (Å²) in [4.78, 5) is 23.1. The number of aryl methyl sites for hydroxylation is 2. The highest BCUT2D eigenvalue weighted by atomic mass is 32.1. The molecule has 0 amide bonds. The Morgan fingerprint density at radius 1 is 1.44 bits per heavy atom. The molecule has 0 aliphatic carbocycles. The Labute approximate surface area is 113 Å². The van der Waals surface area contributed by atoms with Crippen LogP contribution < -0.4 is 0 Å². The minimum atomic E-state index is -0.484. The highest BCUT2D eigenvalue weighted by molar-refractivity contribution is 7.71. The van der Waals surface area contributed by atoms with Crippen molar-refractivity contribution in [3.8, 4) is 11.5 Å². The molecule has 1 N–H and O–H groups in total. The van der Waals surface area contributed by atoms with Gasteiger partial charge in [0.15, 0.2) is 5.82 Å². The fourth-order valence-corrected chi connectivity index (χ4v) is 2.45. The van der Waals surface area contributed by atoms with E-state index in [1.807, 2.05) is 12.3 Å². The summed E-state index contributed by atoms with van der Waals surface area (Å²) in [5.74, 6) is 0.0803. The number of hydrogen-bond donors (Lipinski definition) is 1. The number of nitrogens with zero attached hydrogens (tertiary/aromatic N) is 2. The average Bonchev–Trinajstić information content (AvgIpc) is 2.74. The van der Waals surface area contributed by atoms with E-state index in [2.05, 4.69) is 19.7 Å². The molecule has 18 heavy (non-hydrogen) atoms. The maximum absolute atomic E-state index is 11.5. The van der Waals surface area contributed by atoms with E-state index in [0.717, 1.165) is 10.7 Å². The van der Waals surface area contributed by atoms with Crippen molar-refractivity contribution in [1.29, 1.82) is 0 Å². The number of carbonyl (C=O) groups excluding carboxylic acids is 1. The molecule has 0 saturated carbocycles. The van der Waals surface area contributed by atoms with Gasteiger partial charge in [0, 0.05) is 11.1 Å². The number of aromatic amines is 1. The second kappa shape index (κ2) is 4.95. The number of H-pyrrole nitrogens is 1. The molecule has 0 unspecified atom stereocenters. The lowest BCUT2D eigenvalue weighted by molar-refractivity contribution is 0.0598. The van der Waals surface area contributed by atoms with Gasteiger partial charge in [-0.05, 0) is 13.8 Å². The van der Waals surface area contributed by atoms with Crippen LogP contribution in [0.25, 0.3) is 11.5 Å². The number of thiazole rings is 1. The Morgan fingerprint density at radius 2 is 2.17 bits per heavy atom. The van der Waals surface area contributed by atoms with Crippen molar-refractivity contribution in [2.24, 2.45) is 0 Å². The molecule has 0 spiro atoms. The van der Waals surface area contributed by atoms with Gasteiger partial charge in [0.2, 0.25) is 0 Å². The van der Waals surface area contributed by atoms with E-state index in [-0.39, 0.29) is 4.64 Å². The molecule has 0 aromatic carbocycles. The maximum atomic E-state index is 11.5. The highest BCUT2D eigenvalue weighted by Crippen LogP contribution is 2.19. The summed E-state index contributed by atoms with van der Waals surface area (Å²) in [5.41, 5.74) is 1.65. The van der Waals surface area contributed by atoms with Gasteiger partial charge in [0.05, 0.1) is 12.1 Å². The number of esters is 1. The van der Waals surface area contributed by atoms with Gasteiger partial charge in [-0.2, -0.15) is 0 Å². The Balaban J connectivity index is 2.56. The van der Waals surface area contributed by atoms with Crippen LogP contribution in [0.5, 0.6) is 0 Å². The number of nitrogens with one attached hydrogen (secondary N) is 1. The monoisotopic (exact) mass is 281 g/mol. The Kier molecular flexibility index (Phi) is 3.53. The summed E-state index contributed by atoms with van der Waals surface area (Å²) < 4.78 is 4.89. The summed E-state index contributed by atoms with van der Waals surface area (Å²) in [6.07, 6.45) is 0. The minimum absolute atomic E-state index is 0.221. The molecule has 2 aromatic heterocycles. The van der Waals surface area contributed by atoms with Crippen molar-refractivity contribution in [2.75, 3.05) is 7.11 Å². The van der Waals surface area contributed by atoms with Crippen molar-refractivity contribution >= 4 is 29.5 Å². The second-order valence-electron chi connectivity index (χ2n) is 3.63. The number of ether oxygens (including phenoxy) is 1. The zero-order valence-corrected chi connectivity index (χ0v) is 11.7. The topological polar surface area (TPSA) is 67.9 Å². The molecule has 7 heteroatoms. The van der Waals surface area contributed by atoms with Gasteiger partial charge >= 0.3 is 5.97 Å². The molecule has 0 saturated heterocycles. The van der Waals surface area contributed by atoms with Crippen LogP contribution in [-0.4, -0.2) is 28.0 Å². The number of hydrogen-bond acceptors (Lipinski definition) is 6. The number of methoxy groups -OCH3 is 1. The van der Waals surface area contributed by atoms with Crippen LogP contribution in [0.15, 0.2) is 5.38 Å². The smallest absolute Gasteiger partial charge is 0.342 e. The SMILES string of the molecule is COC(=O)c1c(C)[nH]c(-c2csc(C)n2)nc1=S. The van der Waals surface area contributed by atoms with Crippen LogP contribution in [-0.2, 0) is 4.74 Å². The molecule has 94 valence electrons. The summed E-state index contributed by atoms with van der Waals surface area (Å²) >= 11 is 6.65. The molecule has 0 radical (unpaired) electrons.